The Hall–Kier alpha value is -1.64. The van der Waals surface area contributed by atoms with E-state index in [0.717, 1.165) is 0 Å². The molecule has 1 aromatic carbocycles. The van der Waals surface area contributed by atoms with E-state index in [2.05, 4.69) is 5.16 Å². The summed E-state index contributed by atoms with van der Waals surface area (Å²) in [4.78, 5) is 1.92. The second-order valence-electron chi connectivity index (χ2n) is 4.36. The molecule has 0 radical (unpaired) electrons. The van der Waals surface area contributed by atoms with Crippen molar-refractivity contribution in [2.45, 2.75) is 4.90 Å². The van der Waals surface area contributed by atoms with Crippen LogP contribution in [0.3, 0.4) is 0 Å². The summed E-state index contributed by atoms with van der Waals surface area (Å²) < 4.78 is 24.2. The van der Waals surface area contributed by atoms with Gasteiger partial charge in [-0.25, -0.2) is 8.42 Å². The number of rotatable bonds is 7. The van der Waals surface area contributed by atoms with Crippen molar-refractivity contribution >= 4 is 15.7 Å². The molecule has 4 N–H and O–H groups in total. The minimum absolute atomic E-state index is 0.00891. The van der Waals surface area contributed by atoms with Gasteiger partial charge in [-0.2, -0.15) is 0 Å². The van der Waals surface area contributed by atoms with Gasteiger partial charge in [0.1, 0.15) is 0 Å². The van der Waals surface area contributed by atoms with Crippen LogP contribution in [0.4, 0.5) is 0 Å². The summed E-state index contributed by atoms with van der Waals surface area (Å²) in [6.07, 6.45) is 0. The van der Waals surface area contributed by atoms with Crippen LogP contribution in [0.5, 0.6) is 0 Å². The molecule has 0 atom stereocenters. The molecule has 0 aliphatic heterocycles. The lowest BCUT2D eigenvalue weighted by Gasteiger charge is -2.14. The number of hydrogen-bond acceptors (Lipinski definition) is 6. The van der Waals surface area contributed by atoms with E-state index in [0.29, 0.717) is 18.7 Å². The molecule has 0 heterocycles. The van der Waals surface area contributed by atoms with Gasteiger partial charge in [0, 0.05) is 18.7 Å². The highest BCUT2D eigenvalue weighted by Crippen LogP contribution is 2.12. The first-order valence-corrected chi connectivity index (χ1v) is 7.66. The Bertz CT molecular complexity index is 555. The number of oxime groups is 1. The minimum atomic E-state index is -3.39. The van der Waals surface area contributed by atoms with Gasteiger partial charge in [-0.3, -0.25) is 0 Å². The van der Waals surface area contributed by atoms with Crippen molar-refractivity contribution in [3.05, 3.63) is 29.8 Å². The second kappa shape index (κ2) is 7.22. The molecule has 0 bridgehead atoms. The Morgan fingerprint density at radius 3 is 2.40 bits per heavy atom. The molecule has 1 aromatic rings. The van der Waals surface area contributed by atoms with Crippen LogP contribution in [-0.4, -0.2) is 62.0 Å². The summed E-state index contributed by atoms with van der Waals surface area (Å²) in [5.41, 5.74) is 5.85. The van der Waals surface area contributed by atoms with E-state index in [1.807, 2.05) is 0 Å². The zero-order valence-corrected chi connectivity index (χ0v) is 12.0. The van der Waals surface area contributed by atoms with E-state index in [9.17, 15) is 8.42 Å². The fourth-order valence-electron chi connectivity index (χ4n) is 1.57. The van der Waals surface area contributed by atoms with Gasteiger partial charge in [0.25, 0.3) is 0 Å². The van der Waals surface area contributed by atoms with Gasteiger partial charge in [0.05, 0.1) is 17.3 Å². The molecular weight excluding hydrogens is 282 g/mol. The summed E-state index contributed by atoms with van der Waals surface area (Å²) in [5.74, 6) is -0.108. The third-order valence-electron chi connectivity index (χ3n) is 2.84. The second-order valence-corrected chi connectivity index (χ2v) is 6.46. The highest BCUT2D eigenvalue weighted by Gasteiger charge is 2.15. The molecule has 0 spiro atoms. The van der Waals surface area contributed by atoms with Gasteiger partial charge >= 0.3 is 0 Å². The summed E-state index contributed by atoms with van der Waals surface area (Å²) >= 11 is 0. The van der Waals surface area contributed by atoms with E-state index < -0.39 is 9.84 Å². The number of likely N-dealkylation sites (N-methyl/N-ethyl adjacent to an activating group) is 1. The standard InChI is InChI=1S/C12H19N3O4S/c1-15(6-8-16)7-9-20(18,19)11-4-2-10(3-5-11)12(13)14-17/h2-5,16-17H,6-9H2,1H3,(H2,13,14). The van der Waals surface area contributed by atoms with Gasteiger partial charge < -0.3 is 20.9 Å². The number of sulfone groups is 1. The largest absolute Gasteiger partial charge is 0.409 e. The quantitative estimate of drug-likeness (QED) is 0.270. The number of aliphatic hydroxyl groups excluding tert-OH is 1. The zero-order chi connectivity index (χ0) is 15.2. The number of amidine groups is 1. The number of nitrogens with zero attached hydrogens (tertiary/aromatic N) is 2. The Balaban J connectivity index is 2.78. The SMILES string of the molecule is CN(CCO)CCS(=O)(=O)c1ccc(/C(N)=N/O)cc1. The highest BCUT2D eigenvalue weighted by molar-refractivity contribution is 7.91. The molecule has 0 aromatic heterocycles. The number of benzene rings is 1. The van der Waals surface area contributed by atoms with Crippen molar-refractivity contribution in [2.75, 3.05) is 32.5 Å². The Labute approximate surface area is 118 Å². The summed E-state index contributed by atoms with van der Waals surface area (Å²) in [5, 5.41) is 20.1. The maximum absolute atomic E-state index is 12.1. The van der Waals surface area contributed by atoms with Crippen LogP contribution in [0.25, 0.3) is 0 Å². The minimum Gasteiger partial charge on any atom is -0.409 e. The molecule has 0 saturated carbocycles. The van der Waals surface area contributed by atoms with Crippen LogP contribution in [0.1, 0.15) is 5.56 Å². The molecule has 0 amide bonds. The van der Waals surface area contributed by atoms with E-state index in [1.54, 1.807) is 11.9 Å². The molecule has 0 aliphatic carbocycles. The van der Waals surface area contributed by atoms with E-state index in [-0.39, 0.29) is 23.1 Å². The van der Waals surface area contributed by atoms with Crippen LogP contribution in [-0.2, 0) is 9.84 Å². The van der Waals surface area contributed by atoms with Crippen molar-refractivity contribution in [3.63, 3.8) is 0 Å². The van der Waals surface area contributed by atoms with E-state index in [1.165, 1.54) is 24.3 Å². The molecule has 0 unspecified atom stereocenters. The third kappa shape index (κ3) is 4.48. The lowest BCUT2D eigenvalue weighted by Crippen LogP contribution is -2.28. The highest BCUT2D eigenvalue weighted by atomic mass is 32.2. The van der Waals surface area contributed by atoms with E-state index >= 15 is 0 Å². The smallest absolute Gasteiger partial charge is 0.179 e. The van der Waals surface area contributed by atoms with Crippen LogP contribution in [0.15, 0.2) is 34.3 Å². The normalized spacial score (nSPS) is 12.8. The molecular formula is C12H19N3O4S. The average Bonchev–Trinajstić information content (AvgIpc) is 2.45. The Morgan fingerprint density at radius 1 is 1.30 bits per heavy atom. The number of aliphatic hydroxyl groups is 1. The van der Waals surface area contributed by atoms with Crippen LogP contribution in [0, 0.1) is 0 Å². The van der Waals surface area contributed by atoms with Crippen LogP contribution >= 0.6 is 0 Å². The summed E-state index contributed by atoms with van der Waals surface area (Å²) in [6, 6.07) is 5.82. The lowest BCUT2D eigenvalue weighted by atomic mass is 10.2. The summed E-state index contributed by atoms with van der Waals surface area (Å²) in [6.45, 7) is 0.758. The molecule has 1 rings (SSSR count). The first-order chi connectivity index (χ1) is 9.40. The van der Waals surface area contributed by atoms with Crippen LogP contribution < -0.4 is 5.73 Å². The van der Waals surface area contributed by atoms with Crippen molar-refractivity contribution in [1.82, 2.24) is 4.90 Å². The number of hydrogen-bond donors (Lipinski definition) is 3. The summed E-state index contributed by atoms with van der Waals surface area (Å²) in [7, 11) is -1.65. The van der Waals surface area contributed by atoms with Gasteiger partial charge in [0.15, 0.2) is 15.7 Å². The van der Waals surface area contributed by atoms with Crippen molar-refractivity contribution in [2.24, 2.45) is 10.9 Å². The number of nitrogens with two attached hydrogens (primary N) is 1. The molecule has 0 saturated heterocycles. The molecule has 112 valence electrons. The first-order valence-electron chi connectivity index (χ1n) is 6.01. The maximum atomic E-state index is 12.1. The maximum Gasteiger partial charge on any atom is 0.179 e. The first kappa shape index (κ1) is 16.4. The Kier molecular flexibility index (Phi) is 5.93. The van der Waals surface area contributed by atoms with Crippen molar-refractivity contribution in [3.8, 4) is 0 Å². The fraction of sp³-hybridized carbons (Fsp3) is 0.417. The molecule has 7 nitrogen and oxygen atoms in total. The average molecular weight is 301 g/mol. The van der Waals surface area contributed by atoms with Crippen molar-refractivity contribution < 1.29 is 18.7 Å². The fourth-order valence-corrected chi connectivity index (χ4v) is 2.91. The molecule has 20 heavy (non-hydrogen) atoms. The third-order valence-corrected chi connectivity index (χ3v) is 4.55. The predicted molar refractivity (Wildman–Crippen MR) is 75.6 cm³/mol. The Morgan fingerprint density at radius 2 is 1.90 bits per heavy atom. The van der Waals surface area contributed by atoms with Crippen LogP contribution in [0.2, 0.25) is 0 Å². The van der Waals surface area contributed by atoms with Gasteiger partial charge in [-0.1, -0.05) is 5.16 Å². The van der Waals surface area contributed by atoms with Crippen molar-refractivity contribution in [1.29, 1.82) is 0 Å². The van der Waals surface area contributed by atoms with Gasteiger partial charge in [0.2, 0.25) is 0 Å². The predicted octanol–water partition coefficient (Wildman–Crippen LogP) is -0.521. The molecule has 0 aliphatic rings. The van der Waals surface area contributed by atoms with E-state index in [4.69, 9.17) is 16.0 Å². The molecule has 0 fully saturated rings. The molecule has 8 heteroatoms. The topological polar surface area (TPSA) is 116 Å². The lowest BCUT2D eigenvalue weighted by molar-refractivity contribution is 0.227. The van der Waals surface area contributed by atoms with Gasteiger partial charge in [-0.15, -0.1) is 0 Å². The monoisotopic (exact) mass is 301 g/mol. The zero-order valence-electron chi connectivity index (χ0n) is 11.2. The van der Waals surface area contributed by atoms with Gasteiger partial charge in [-0.05, 0) is 31.3 Å².